The van der Waals surface area contributed by atoms with Crippen LogP contribution in [0.1, 0.15) is 35.7 Å². The number of carboxylic acid groups (broad SMARTS) is 1. The lowest BCUT2D eigenvalue weighted by Gasteiger charge is -2.21. The number of hydrogen-bond acceptors (Lipinski definition) is 2. The van der Waals surface area contributed by atoms with Gasteiger partial charge in [0.15, 0.2) is 0 Å². The molecule has 1 N–H and O–H groups in total. The van der Waals surface area contributed by atoms with Crippen molar-refractivity contribution in [3.63, 3.8) is 0 Å². The number of rotatable bonds is 3. The molecule has 1 aliphatic heterocycles. The Morgan fingerprint density at radius 2 is 2.11 bits per heavy atom. The van der Waals surface area contributed by atoms with Gasteiger partial charge in [-0.05, 0) is 48.9 Å². The van der Waals surface area contributed by atoms with Crippen LogP contribution in [0.25, 0.3) is 0 Å². The highest BCUT2D eigenvalue weighted by atomic mass is 16.4. The summed E-state index contributed by atoms with van der Waals surface area (Å²) in [6, 6.07) is 5.03. The number of carbonyl (C=O) groups excluding carboxylic acids is 1. The molecule has 1 aromatic carbocycles. The van der Waals surface area contributed by atoms with Gasteiger partial charge in [0.2, 0.25) is 5.91 Å². The van der Waals surface area contributed by atoms with E-state index >= 15 is 0 Å². The Kier molecular flexibility index (Phi) is 2.81. The van der Waals surface area contributed by atoms with Crippen LogP contribution in [0.2, 0.25) is 0 Å². The van der Waals surface area contributed by atoms with Crippen LogP contribution in [0.5, 0.6) is 0 Å². The third kappa shape index (κ3) is 2.11. The first kappa shape index (κ1) is 12.2. The number of aromatic carboxylic acids is 1. The SMILES string of the molecule is CC(C(=O)N1CCc2cc(C(=O)O)ccc21)C1CC1. The van der Waals surface area contributed by atoms with E-state index in [-0.39, 0.29) is 11.8 Å². The molecule has 19 heavy (non-hydrogen) atoms. The first-order valence-electron chi connectivity index (χ1n) is 6.75. The predicted octanol–water partition coefficient (Wildman–Crippen LogP) is 2.32. The second kappa shape index (κ2) is 4.37. The number of fused-ring (bicyclic) bond motifs is 1. The van der Waals surface area contributed by atoms with E-state index in [1.165, 1.54) is 0 Å². The van der Waals surface area contributed by atoms with Gasteiger partial charge in [0, 0.05) is 18.2 Å². The van der Waals surface area contributed by atoms with Gasteiger partial charge in [-0.3, -0.25) is 4.79 Å². The quantitative estimate of drug-likeness (QED) is 0.906. The van der Waals surface area contributed by atoms with E-state index in [4.69, 9.17) is 5.11 Å². The highest BCUT2D eigenvalue weighted by Crippen LogP contribution is 2.39. The van der Waals surface area contributed by atoms with E-state index in [9.17, 15) is 9.59 Å². The summed E-state index contributed by atoms with van der Waals surface area (Å²) in [7, 11) is 0. The summed E-state index contributed by atoms with van der Waals surface area (Å²) < 4.78 is 0. The van der Waals surface area contributed by atoms with Crippen LogP contribution in [0.4, 0.5) is 5.69 Å². The topological polar surface area (TPSA) is 57.6 Å². The van der Waals surface area contributed by atoms with Gasteiger partial charge < -0.3 is 10.0 Å². The van der Waals surface area contributed by atoms with Gasteiger partial charge in [0.1, 0.15) is 0 Å². The number of carboxylic acids is 1. The van der Waals surface area contributed by atoms with Crippen molar-refractivity contribution in [3.05, 3.63) is 29.3 Å². The van der Waals surface area contributed by atoms with Gasteiger partial charge in [-0.15, -0.1) is 0 Å². The molecule has 0 bridgehead atoms. The molecule has 0 aromatic heterocycles. The van der Waals surface area contributed by atoms with E-state index < -0.39 is 5.97 Å². The maximum absolute atomic E-state index is 12.4. The standard InChI is InChI=1S/C15H17NO3/c1-9(10-2-3-10)14(17)16-7-6-11-8-12(15(18)19)4-5-13(11)16/h4-5,8-10H,2-3,6-7H2,1H3,(H,18,19). The maximum Gasteiger partial charge on any atom is 0.335 e. The normalized spacial score (nSPS) is 19.1. The minimum Gasteiger partial charge on any atom is -0.478 e. The molecule has 1 amide bonds. The van der Waals surface area contributed by atoms with Crippen LogP contribution < -0.4 is 4.90 Å². The molecule has 3 rings (SSSR count). The minimum absolute atomic E-state index is 0.0881. The van der Waals surface area contributed by atoms with Crippen molar-refractivity contribution >= 4 is 17.6 Å². The zero-order valence-electron chi connectivity index (χ0n) is 10.9. The number of hydrogen-bond donors (Lipinski definition) is 1. The second-order valence-corrected chi connectivity index (χ2v) is 5.51. The summed E-state index contributed by atoms with van der Waals surface area (Å²) in [5.41, 5.74) is 2.15. The zero-order valence-corrected chi connectivity index (χ0v) is 10.9. The van der Waals surface area contributed by atoms with Crippen molar-refractivity contribution in [3.8, 4) is 0 Å². The van der Waals surface area contributed by atoms with Gasteiger partial charge >= 0.3 is 5.97 Å². The average Bonchev–Trinajstić information content (AvgIpc) is 3.16. The largest absolute Gasteiger partial charge is 0.478 e. The summed E-state index contributed by atoms with van der Waals surface area (Å²) in [6.07, 6.45) is 3.07. The molecular formula is C15H17NO3. The van der Waals surface area contributed by atoms with Crippen LogP contribution in [-0.2, 0) is 11.2 Å². The minimum atomic E-state index is -0.918. The summed E-state index contributed by atoms with van der Waals surface area (Å²) in [5.74, 6) is -0.0943. The van der Waals surface area contributed by atoms with Gasteiger partial charge in [0.05, 0.1) is 5.56 Å². The lowest BCUT2D eigenvalue weighted by Crippen LogP contribution is -2.34. The molecule has 4 heteroatoms. The number of nitrogens with zero attached hydrogens (tertiary/aromatic N) is 1. The Balaban J connectivity index is 1.85. The maximum atomic E-state index is 12.4. The first-order valence-corrected chi connectivity index (χ1v) is 6.75. The number of benzene rings is 1. The summed E-state index contributed by atoms with van der Waals surface area (Å²) in [6.45, 7) is 2.68. The fraction of sp³-hybridized carbons (Fsp3) is 0.467. The van der Waals surface area contributed by atoms with Crippen molar-refractivity contribution in [2.45, 2.75) is 26.2 Å². The Labute approximate surface area is 112 Å². The molecule has 1 aromatic rings. The van der Waals surface area contributed by atoms with Crippen molar-refractivity contribution in [2.75, 3.05) is 11.4 Å². The van der Waals surface area contributed by atoms with Gasteiger partial charge in [-0.2, -0.15) is 0 Å². The fourth-order valence-electron chi connectivity index (χ4n) is 2.81. The second-order valence-electron chi connectivity index (χ2n) is 5.51. The van der Waals surface area contributed by atoms with Crippen LogP contribution in [0, 0.1) is 11.8 Å². The average molecular weight is 259 g/mol. The van der Waals surface area contributed by atoms with Gasteiger partial charge in [-0.25, -0.2) is 4.79 Å². The first-order chi connectivity index (χ1) is 9.08. The molecule has 0 spiro atoms. The van der Waals surface area contributed by atoms with E-state index in [1.807, 2.05) is 11.8 Å². The molecule has 1 heterocycles. The molecule has 0 radical (unpaired) electrons. The van der Waals surface area contributed by atoms with E-state index in [2.05, 4.69) is 0 Å². The van der Waals surface area contributed by atoms with E-state index in [0.29, 0.717) is 18.0 Å². The monoisotopic (exact) mass is 259 g/mol. The molecule has 0 saturated heterocycles. The van der Waals surface area contributed by atoms with Gasteiger partial charge in [-0.1, -0.05) is 6.92 Å². The van der Waals surface area contributed by atoms with E-state index in [1.54, 1.807) is 18.2 Å². The lowest BCUT2D eigenvalue weighted by molar-refractivity contribution is -0.122. The van der Waals surface area contributed by atoms with Crippen molar-refractivity contribution < 1.29 is 14.7 Å². The van der Waals surface area contributed by atoms with Crippen LogP contribution in [0.3, 0.4) is 0 Å². The molecule has 1 atom stereocenters. The Morgan fingerprint density at radius 1 is 1.37 bits per heavy atom. The third-order valence-electron chi connectivity index (χ3n) is 4.21. The van der Waals surface area contributed by atoms with Gasteiger partial charge in [0.25, 0.3) is 0 Å². The van der Waals surface area contributed by atoms with E-state index in [0.717, 1.165) is 30.5 Å². The summed E-state index contributed by atoms with van der Waals surface area (Å²) in [4.78, 5) is 25.2. The highest BCUT2D eigenvalue weighted by molar-refractivity contribution is 5.98. The molecule has 1 aliphatic carbocycles. The highest BCUT2D eigenvalue weighted by Gasteiger charge is 2.37. The molecule has 4 nitrogen and oxygen atoms in total. The molecule has 1 fully saturated rings. The van der Waals surface area contributed by atoms with Crippen molar-refractivity contribution in [2.24, 2.45) is 11.8 Å². The Bertz CT molecular complexity index is 548. The third-order valence-corrected chi connectivity index (χ3v) is 4.21. The number of amides is 1. The molecular weight excluding hydrogens is 242 g/mol. The van der Waals surface area contributed by atoms with Crippen molar-refractivity contribution in [1.29, 1.82) is 0 Å². The van der Waals surface area contributed by atoms with Crippen LogP contribution >= 0.6 is 0 Å². The fourth-order valence-corrected chi connectivity index (χ4v) is 2.81. The zero-order chi connectivity index (χ0) is 13.6. The van der Waals surface area contributed by atoms with Crippen molar-refractivity contribution in [1.82, 2.24) is 0 Å². The Hall–Kier alpha value is -1.84. The molecule has 1 saturated carbocycles. The van der Waals surface area contributed by atoms with Crippen LogP contribution in [0.15, 0.2) is 18.2 Å². The van der Waals surface area contributed by atoms with Crippen LogP contribution in [-0.4, -0.2) is 23.5 Å². The molecule has 1 unspecified atom stereocenters. The lowest BCUT2D eigenvalue weighted by atomic mass is 10.0. The number of anilines is 1. The molecule has 100 valence electrons. The Morgan fingerprint density at radius 3 is 2.74 bits per heavy atom. The molecule has 2 aliphatic rings. The summed E-state index contributed by atoms with van der Waals surface area (Å²) in [5, 5.41) is 8.98. The summed E-state index contributed by atoms with van der Waals surface area (Å²) >= 11 is 0. The smallest absolute Gasteiger partial charge is 0.335 e. The predicted molar refractivity (Wildman–Crippen MR) is 71.3 cm³/mol. The number of carbonyl (C=O) groups is 2.